The number of hydrogen-bond donors (Lipinski definition) is 2. The van der Waals surface area contributed by atoms with Crippen molar-refractivity contribution in [3.8, 4) is 11.5 Å². The third-order valence-corrected chi connectivity index (χ3v) is 7.10. The van der Waals surface area contributed by atoms with E-state index in [2.05, 4.69) is 20.8 Å². The van der Waals surface area contributed by atoms with E-state index in [0.717, 1.165) is 11.2 Å². The SMILES string of the molecule is CC[C@@H](NC(=O)N1C/C(=N\Oc2ccccc2)NC[C@@H](Cc2cc(Cl)ccc2OC)C1=O)c1nc(C(=O)OCC(Cl)(Cl)Cl)co1. The number of halogens is 4. The van der Waals surface area contributed by atoms with Gasteiger partial charge in [-0.15, -0.1) is 0 Å². The van der Waals surface area contributed by atoms with Crippen molar-refractivity contribution < 1.29 is 33.1 Å². The molecular weight excluding hydrogens is 672 g/mol. The number of oxazole rings is 1. The molecule has 1 saturated heterocycles. The van der Waals surface area contributed by atoms with E-state index in [9.17, 15) is 14.4 Å². The number of rotatable bonds is 10. The maximum Gasteiger partial charge on any atom is 0.360 e. The maximum atomic E-state index is 13.9. The molecule has 3 amide bonds. The van der Waals surface area contributed by atoms with Crippen molar-refractivity contribution >= 4 is 70.1 Å². The second-order valence-corrected chi connectivity index (χ2v) is 12.7. The number of amides is 3. The van der Waals surface area contributed by atoms with Crippen LogP contribution in [0.3, 0.4) is 0 Å². The highest BCUT2D eigenvalue weighted by Crippen LogP contribution is 2.28. The lowest BCUT2D eigenvalue weighted by Gasteiger charge is -2.24. The van der Waals surface area contributed by atoms with Gasteiger partial charge in [-0.2, -0.15) is 0 Å². The number of amidine groups is 1. The van der Waals surface area contributed by atoms with Gasteiger partial charge in [0.05, 0.1) is 19.6 Å². The molecule has 2 aromatic carbocycles. The number of urea groups is 1. The third-order valence-electron chi connectivity index (χ3n) is 6.54. The van der Waals surface area contributed by atoms with Crippen LogP contribution in [-0.2, 0) is 16.0 Å². The molecule has 0 saturated carbocycles. The van der Waals surface area contributed by atoms with Crippen molar-refractivity contribution in [2.75, 3.05) is 26.8 Å². The minimum absolute atomic E-state index is 0.00796. The number of oxime groups is 1. The first-order chi connectivity index (χ1) is 21.5. The van der Waals surface area contributed by atoms with Gasteiger partial charge in [-0.1, -0.05) is 76.7 Å². The molecule has 45 heavy (non-hydrogen) atoms. The van der Waals surface area contributed by atoms with Crippen LogP contribution in [0.5, 0.6) is 11.5 Å². The van der Waals surface area contributed by atoms with E-state index in [0.29, 0.717) is 28.5 Å². The van der Waals surface area contributed by atoms with Crippen LogP contribution >= 0.6 is 46.4 Å². The molecule has 0 spiro atoms. The Morgan fingerprint density at radius 2 is 1.98 bits per heavy atom. The van der Waals surface area contributed by atoms with Gasteiger partial charge in [0.2, 0.25) is 15.6 Å². The molecule has 3 aromatic rings. The number of carbonyl (C=O) groups excluding carboxylic acids is 3. The van der Waals surface area contributed by atoms with Crippen LogP contribution in [0, 0.1) is 5.92 Å². The van der Waals surface area contributed by atoms with Crippen LogP contribution < -0.4 is 20.2 Å². The molecule has 2 atom stereocenters. The number of ether oxygens (including phenoxy) is 2. The number of imide groups is 1. The van der Waals surface area contributed by atoms with Gasteiger partial charge in [-0.3, -0.25) is 9.69 Å². The fraction of sp³-hybridized carbons (Fsp3) is 0.345. The summed E-state index contributed by atoms with van der Waals surface area (Å²) in [5.74, 6) is -0.813. The molecule has 16 heteroatoms. The monoisotopic (exact) mass is 699 g/mol. The zero-order valence-electron chi connectivity index (χ0n) is 24.1. The second kappa shape index (κ2) is 15.5. The fourth-order valence-corrected chi connectivity index (χ4v) is 4.67. The van der Waals surface area contributed by atoms with E-state index in [-0.39, 0.29) is 36.9 Å². The Bertz CT molecular complexity index is 1530. The molecule has 0 unspecified atom stereocenters. The summed E-state index contributed by atoms with van der Waals surface area (Å²) in [6.07, 6.45) is 1.57. The summed E-state index contributed by atoms with van der Waals surface area (Å²) in [4.78, 5) is 50.5. The molecule has 0 aliphatic carbocycles. The average molecular weight is 701 g/mol. The number of para-hydroxylation sites is 1. The topological polar surface area (TPSA) is 145 Å². The van der Waals surface area contributed by atoms with Gasteiger partial charge in [-0.25, -0.2) is 14.6 Å². The Kier molecular flexibility index (Phi) is 11.8. The van der Waals surface area contributed by atoms with Crippen LogP contribution in [0.25, 0.3) is 0 Å². The molecular formula is C29H29Cl4N5O7. The Morgan fingerprint density at radius 1 is 1.22 bits per heavy atom. The minimum atomic E-state index is -1.80. The highest BCUT2D eigenvalue weighted by atomic mass is 35.6. The average Bonchev–Trinajstić information content (AvgIpc) is 3.45. The van der Waals surface area contributed by atoms with E-state index in [1.165, 1.54) is 7.11 Å². The van der Waals surface area contributed by atoms with Crippen LogP contribution in [0.2, 0.25) is 5.02 Å². The first kappa shape index (κ1) is 34.2. The predicted octanol–water partition coefficient (Wildman–Crippen LogP) is 5.71. The number of benzene rings is 2. The number of hydrogen-bond acceptors (Lipinski definition) is 9. The van der Waals surface area contributed by atoms with Crippen LogP contribution in [0.4, 0.5) is 4.79 Å². The van der Waals surface area contributed by atoms with Crippen molar-refractivity contribution in [3.05, 3.63) is 77.0 Å². The second-order valence-electron chi connectivity index (χ2n) is 9.78. The van der Waals surface area contributed by atoms with Crippen molar-refractivity contribution in [3.63, 3.8) is 0 Å². The quantitative estimate of drug-likeness (QED) is 0.154. The number of methoxy groups -OCH3 is 1. The largest absolute Gasteiger partial charge is 0.496 e. The van der Waals surface area contributed by atoms with E-state index >= 15 is 0 Å². The summed E-state index contributed by atoms with van der Waals surface area (Å²) in [6.45, 7) is 1.18. The number of carbonyl (C=O) groups is 3. The van der Waals surface area contributed by atoms with Crippen molar-refractivity contribution in [2.45, 2.75) is 29.6 Å². The number of nitrogens with zero attached hydrogens (tertiary/aromatic N) is 3. The van der Waals surface area contributed by atoms with E-state index < -0.39 is 40.3 Å². The van der Waals surface area contributed by atoms with Gasteiger partial charge in [0.15, 0.2) is 17.3 Å². The first-order valence-electron chi connectivity index (χ1n) is 13.6. The van der Waals surface area contributed by atoms with E-state index in [1.54, 1.807) is 49.4 Å². The lowest BCUT2D eigenvalue weighted by molar-refractivity contribution is -0.131. The Hall–Kier alpha value is -3.71. The van der Waals surface area contributed by atoms with Crippen molar-refractivity contribution in [1.82, 2.24) is 20.5 Å². The Labute approximate surface area is 278 Å². The number of esters is 1. The molecule has 2 heterocycles. The highest BCUT2D eigenvalue weighted by molar-refractivity contribution is 6.67. The third kappa shape index (κ3) is 9.64. The normalized spacial score (nSPS) is 16.8. The summed E-state index contributed by atoms with van der Waals surface area (Å²) in [5, 5.41) is 10.5. The lowest BCUT2D eigenvalue weighted by atomic mass is 9.97. The molecule has 1 aliphatic heterocycles. The first-order valence-corrected chi connectivity index (χ1v) is 15.1. The van der Waals surface area contributed by atoms with Gasteiger partial charge in [0.1, 0.15) is 24.7 Å². The molecule has 0 radical (unpaired) electrons. The zero-order chi connectivity index (χ0) is 32.6. The molecule has 12 nitrogen and oxygen atoms in total. The van der Waals surface area contributed by atoms with Crippen molar-refractivity contribution in [2.24, 2.45) is 11.1 Å². The fourth-order valence-electron chi connectivity index (χ4n) is 4.31. The van der Waals surface area contributed by atoms with E-state index in [4.69, 9.17) is 65.1 Å². The number of aromatic nitrogens is 1. The smallest absolute Gasteiger partial charge is 0.360 e. The number of alkyl halides is 3. The maximum absolute atomic E-state index is 13.9. The molecule has 1 aliphatic rings. The zero-order valence-corrected chi connectivity index (χ0v) is 27.1. The summed E-state index contributed by atoms with van der Waals surface area (Å²) < 4.78 is 14.0. The molecule has 1 fully saturated rings. The van der Waals surface area contributed by atoms with Gasteiger partial charge < -0.3 is 29.4 Å². The molecule has 0 bridgehead atoms. The van der Waals surface area contributed by atoms with Crippen LogP contribution in [0.15, 0.2) is 64.4 Å². The van der Waals surface area contributed by atoms with Gasteiger partial charge >= 0.3 is 12.0 Å². The number of nitrogens with one attached hydrogen (secondary N) is 2. The summed E-state index contributed by atoms with van der Waals surface area (Å²) >= 11 is 23.1. The van der Waals surface area contributed by atoms with Gasteiger partial charge in [-0.05, 0) is 48.7 Å². The van der Waals surface area contributed by atoms with Gasteiger partial charge in [0, 0.05) is 11.6 Å². The van der Waals surface area contributed by atoms with E-state index in [1.807, 2.05) is 6.07 Å². The Balaban J connectivity index is 1.55. The summed E-state index contributed by atoms with van der Waals surface area (Å²) in [7, 11) is 1.52. The Morgan fingerprint density at radius 3 is 2.67 bits per heavy atom. The summed E-state index contributed by atoms with van der Waals surface area (Å²) in [5.41, 5.74) is 0.497. The minimum Gasteiger partial charge on any atom is -0.496 e. The molecule has 240 valence electrons. The van der Waals surface area contributed by atoms with Gasteiger partial charge in [0.25, 0.3) is 0 Å². The summed E-state index contributed by atoms with van der Waals surface area (Å²) in [6, 6.07) is 12.4. The highest BCUT2D eigenvalue weighted by Gasteiger charge is 2.35. The molecule has 2 N–H and O–H groups in total. The molecule has 1 aromatic heterocycles. The standard InChI is InChI=1S/C29H29Cl4N5O7/c1-3-21(25-35-22(15-43-25)27(40)44-16-29(31,32)33)36-28(41)38-14-24(37-45-20-7-5-4-6-8-20)34-13-18(26(38)39)11-17-12-19(30)9-10-23(17)42-2/h4-10,12,15,18,21H,3,11,13-14,16H2,1-2H3,(H,34,37)(H,36,41)/t18-,21-/m1/s1. The van der Waals surface area contributed by atoms with Crippen molar-refractivity contribution in [1.29, 1.82) is 0 Å². The molecule has 4 rings (SSSR count). The van der Waals surface area contributed by atoms with Crippen LogP contribution in [0.1, 0.15) is 41.3 Å². The van der Waals surface area contributed by atoms with Crippen LogP contribution in [-0.4, -0.2) is 64.2 Å². The lowest BCUT2D eigenvalue weighted by Crippen LogP contribution is -2.48. The predicted molar refractivity (Wildman–Crippen MR) is 168 cm³/mol.